The van der Waals surface area contributed by atoms with Crippen LogP contribution in [0.1, 0.15) is 149 Å². The van der Waals surface area contributed by atoms with Crippen LogP contribution in [0.4, 0.5) is 0 Å². The Morgan fingerprint density at radius 1 is 0.591 bits per heavy atom. The van der Waals surface area contributed by atoms with Gasteiger partial charge in [-0.15, -0.1) is 0 Å². The molecule has 2 amide bonds. The van der Waals surface area contributed by atoms with Gasteiger partial charge < -0.3 is 20.8 Å². The van der Waals surface area contributed by atoms with E-state index in [0.717, 1.165) is 39.8 Å². The standard InChI is InChI=1S/C38H60N2O4/c1-14-15-30(39-31(41)18-16-24-20-26(35(2,3)4)33(43)27(21-24)36(5,6)7)40-32(42)19-17-25-22-28(37(8,9)10)34(44)29(23-25)38(11,12)13/h20-23,30,43-44H,14-19H2,1-13H3,(H,39,41)(H,40,42). The maximum Gasteiger partial charge on any atom is 0.221 e. The maximum absolute atomic E-state index is 13.1. The summed E-state index contributed by atoms with van der Waals surface area (Å²) in [6, 6.07) is 8.07. The first-order valence-electron chi connectivity index (χ1n) is 16.3. The van der Waals surface area contributed by atoms with E-state index in [1.807, 2.05) is 31.2 Å². The number of amides is 2. The van der Waals surface area contributed by atoms with Crippen LogP contribution in [0.3, 0.4) is 0 Å². The quantitative estimate of drug-likeness (QED) is 0.204. The van der Waals surface area contributed by atoms with Gasteiger partial charge in [-0.25, -0.2) is 0 Å². The zero-order valence-corrected chi connectivity index (χ0v) is 29.8. The van der Waals surface area contributed by atoms with Gasteiger partial charge in [0.25, 0.3) is 0 Å². The summed E-state index contributed by atoms with van der Waals surface area (Å²) in [5.41, 5.74) is 4.63. The Bertz CT molecular complexity index is 1140. The molecule has 2 rings (SSSR count). The number of aromatic hydroxyl groups is 2. The Kier molecular flexibility index (Phi) is 11.8. The third kappa shape index (κ3) is 10.3. The van der Waals surface area contributed by atoms with Gasteiger partial charge in [-0.2, -0.15) is 0 Å². The normalized spacial score (nSPS) is 12.9. The van der Waals surface area contributed by atoms with E-state index in [2.05, 4.69) is 93.7 Å². The lowest BCUT2D eigenvalue weighted by Crippen LogP contribution is -2.48. The molecular weight excluding hydrogens is 548 g/mol. The minimum atomic E-state index is -0.440. The second kappa shape index (κ2) is 14.0. The second-order valence-electron chi connectivity index (χ2n) is 16.6. The molecule has 6 heteroatoms. The third-order valence-electron chi connectivity index (χ3n) is 8.10. The number of carbonyl (C=O) groups is 2. The number of carbonyl (C=O) groups excluding carboxylic acids is 2. The molecule has 0 aliphatic heterocycles. The van der Waals surface area contributed by atoms with E-state index in [0.29, 0.717) is 30.8 Å². The third-order valence-corrected chi connectivity index (χ3v) is 8.10. The Hall–Kier alpha value is -3.02. The van der Waals surface area contributed by atoms with Crippen molar-refractivity contribution in [2.45, 2.75) is 156 Å². The molecule has 0 spiro atoms. The fourth-order valence-electron chi connectivity index (χ4n) is 5.48. The van der Waals surface area contributed by atoms with E-state index in [1.54, 1.807) is 0 Å². The molecule has 2 aromatic carbocycles. The fraction of sp³-hybridized carbons (Fsp3) is 0.632. The fourth-order valence-corrected chi connectivity index (χ4v) is 5.48. The monoisotopic (exact) mass is 608 g/mol. The molecule has 0 saturated carbocycles. The number of rotatable bonds is 10. The molecule has 2 aromatic rings. The van der Waals surface area contributed by atoms with E-state index in [9.17, 15) is 19.8 Å². The van der Waals surface area contributed by atoms with Gasteiger partial charge in [0.05, 0.1) is 0 Å². The van der Waals surface area contributed by atoms with Gasteiger partial charge in [0.1, 0.15) is 17.7 Å². The van der Waals surface area contributed by atoms with Crippen molar-refractivity contribution in [1.82, 2.24) is 10.6 Å². The SMILES string of the molecule is CCCC(NC(=O)CCc1cc(C(C)(C)C)c(O)c(C(C)(C)C)c1)NC(=O)CCc1cc(C(C)(C)C)c(O)c(C(C)(C)C)c1. The maximum atomic E-state index is 13.1. The summed E-state index contributed by atoms with van der Waals surface area (Å²) in [5, 5.41) is 28.1. The van der Waals surface area contributed by atoms with Crippen molar-refractivity contribution in [3.63, 3.8) is 0 Å². The largest absolute Gasteiger partial charge is 0.507 e. The van der Waals surface area contributed by atoms with E-state index >= 15 is 0 Å². The summed E-state index contributed by atoms with van der Waals surface area (Å²) in [6.45, 7) is 27.0. The van der Waals surface area contributed by atoms with Crippen LogP contribution in [0.5, 0.6) is 11.5 Å². The molecule has 0 atom stereocenters. The minimum absolute atomic E-state index is 0.116. The lowest BCUT2D eigenvalue weighted by atomic mass is 9.78. The molecule has 0 aliphatic carbocycles. The van der Waals surface area contributed by atoms with E-state index in [4.69, 9.17) is 0 Å². The Balaban J connectivity index is 2.12. The van der Waals surface area contributed by atoms with Gasteiger partial charge in [0, 0.05) is 12.8 Å². The van der Waals surface area contributed by atoms with E-state index in [1.165, 1.54) is 0 Å². The number of aryl methyl sites for hydroxylation is 2. The van der Waals surface area contributed by atoms with Gasteiger partial charge in [-0.05, 0) is 74.3 Å². The first-order valence-corrected chi connectivity index (χ1v) is 16.3. The highest BCUT2D eigenvalue weighted by Crippen LogP contribution is 2.41. The van der Waals surface area contributed by atoms with Crippen LogP contribution in [-0.4, -0.2) is 28.2 Å². The zero-order valence-electron chi connectivity index (χ0n) is 29.8. The number of nitrogens with one attached hydrogen (secondary N) is 2. The molecular formula is C38H60N2O4. The zero-order chi connectivity index (χ0) is 33.8. The van der Waals surface area contributed by atoms with E-state index < -0.39 is 6.17 Å². The molecule has 0 bridgehead atoms. The smallest absolute Gasteiger partial charge is 0.221 e. The molecule has 0 radical (unpaired) electrons. The molecule has 0 aromatic heterocycles. The Morgan fingerprint density at radius 2 is 0.864 bits per heavy atom. The van der Waals surface area contributed by atoms with Crippen LogP contribution in [0.25, 0.3) is 0 Å². The highest BCUT2D eigenvalue weighted by Gasteiger charge is 2.28. The number of hydrogen-bond acceptors (Lipinski definition) is 4. The van der Waals surface area contributed by atoms with Crippen LogP contribution in [0.2, 0.25) is 0 Å². The lowest BCUT2D eigenvalue weighted by Gasteiger charge is -2.28. The molecule has 0 unspecified atom stereocenters. The number of phenolic OH excluding ortho intramolecular Hbond substituents is 2. The number of phenols is 2. The number of hydrogen-bond donors (Lipinski definition) is 4. The second-order valence-corrected chi connectivity index (χ2v) is 16.6. The molecule has 4 N–H and O–H groups in total. The van der Waals surface area contributed by atoms with Crippen molar-refractivity contribution in [3.05, 3.63) is 57.6 Å². The summed E-state index contributed by atoms with van der Waals surface area (Å²) >= 11 is 0. The van der Waals surface area contributed by atoms with Gasteiger partial charge in [0.2, 0.25) is 11.8 Å². The van der Waals surface area contributed by atoms with Crippen molar-refractivity contribution in [3.8, 4) is 11.5 Å². The molecule has 6 nitrogen and oxygen atoms in total. The van der Waals surface area contributed by atoms with Crippen molar-refractivity contribution in [1.29, 1.82) is 0 Å². The summed E-state index contributed by atoms with van der Waals surface area (Å²) in [5.74, 6) is 0.435. The van der Waals surface area contributed by atoms with Gasteiger partial charge in [-0.3, -0.25) is 9.59 Å². The molecule has 0 fully saturated rings. The topological polar surface area (TPSA) is 98.7 Å². The molecule has 0 aliphatic rings. The first kappa shape index (κ1) is 37.2. The average molecular weight is 609 g/mol. The Morgan fingerprint density at radius 3 is 1.09 bits per heavy atom. The lowest BCUT2D eigenvalue weighted by molar-refractivity contribution is -0.124. The van der Waals surface area contributed by atoms with Crippen LogP contribution in [0, 0.1) is 0 Å². The summed E-state index contributed by atoms with van der Waals surface area (Å²) in [4.78, 5) is 26.1. The predicted octanol–water partition coefficient (Wildman–Crippen LogP) is 8.21. The summed E-state index contributed by atoms with van der Waals surface area (Å²) in [6.07, 6.45) is 2.66. The summed E-state index contributed by atoms with van der Waals surface area (Å²) in [7, 11) is 0. The highest BCUT2D eigenvalue weighted by atomic mass is 16.3. The average Bonchev–Trinajstić information content (AvgIpc) is 2.84. The van der Waals surface area contributed by atoms with Crippen molar-refractivity contribution < 1.29 is 19.8 Å². The minimum Gasteiger partial charge on any atom is -0.507 e. The van der Waals surface area contributed by atoms with Crippen LogP contribution < -0.4 is 10.6 Å². The number of benzene rings is 2. The van der Waals surface area contributed by atoms with E-state index in [-0.39, 0.29) is 46.3 Å². The molecule has 0 saturated heterocycles. The van der Waals surface area contributed by atoms with Gasteiger partial charge >= 0.3 is 0 Å². The van der Waals surface area contributed by atoms with Crippen LogP contribution >= 0.6 is 0 Å². The van der Waals surface area contributed by atoms with Crippen molar-refractivity contribution in [2.75, 3.05) is 0 Å². The first-order chi connectivity index (χ1) is 19.9. The van der Waals surface area contributed by atoms with Crippen molar-refractivity contribution >= 4 is 11.8 Å². The van der Waals surface area contributed by atoms with Gasteiger partial charge in [0.15, 0.2) is 0 Å². The Labute approximate surface area is 267 Å². The van der Waals surface area contributed by atoms with Gasteiger partial charge in [-0.1, -0.05) is 121 Å². The van der Waals surface area contributed by atoms with Crippen LogP contribution in [-0.2, 0) is 44.1 Å². The van der Waals surface area contributed by atoms with Crippen molar-refractivity contribution in [2.24, 2.45) is 0 Å². The summed E-state index contributed by atoms with van der Waals surface area (Å²) < 4.78 is 0. The molecule has 246 valence electrons. The highest BCUT2D eigenvalue weighted by molar-refractivity contribution is 5.79. The van der Waals surface area contributed by atoms with Crippen LogP contribution in [0.15, 0.2) is 24.3 Å². The molecule has 44 heavy (non-hydrogen) atoms. The predicted molar refractivity (Wildman–Crippen MR) is 183 cm³/mol. The molecule has 0 heterocycles.